The molecule has 1 atom stereocenters. The van der Waals surface area contributed by atoms with Crippen molar-refractivity contribution in [2.45, 2.75) is 51.5 Å². The third-order valence-electron chi connectivity index (χ3n) is 8.31. The van der Waals surface area contributed by atoms with Gasteiger partial charge in [0, 0.05) is 42.5 Å². The van der Waals surface area contributed by atoms with Crippen molar-refractivity contribution >= 4 is 23.0 Å². The van der Waals surface area contributed by atoms with E-state index >= 15 is 0 Å². The van der Waals surface area contributed by atoms with Gasteiger partial charge in [-0.3, -0.25) is 4.79 Å². The van der Waals surface area contributed by atoms with E-state index in [1.54, 1.807) is 0 Å². The van der Waals surface area contributed by atoms with Crippen LogP contribution in [0.25, 0.3) is 11.1 Å². The van der Waals surface area contributed by atoms with Crippen LogP contribution >= 0.6 is 0 Å². The third-order valence-corrected chi connectivity index (χ3v) is 8.31. The van der Waals surface area contributed by atoms with Crippen LogP contribution in [0, 0.1) is 0 Å². The zero-order valence-corrected chi connectivity index (χ0v) is 23.0. The van der Waals surface area contributed by atoms with Crippen molar-refractivity contribution in [2.75, 3.05) is 54.9 Å². The number of hydrogen-bond acceptors (Lipinski definition) is 5. The van der Waals surface area contributed by atoms with Crippen LogP contribution in [0.1, 0.15) is 54.9 Å². The number of likely N-dealkylation sites (tertiary alicyclic amines) is 1. The van der Waals surface area contributed by atoms with E-state index in [4.69, 9.17) is 4.74 Å². The summed E-state index contributed by atoms with van der Waals surface area (Å²) < 4.78 is 6.47. The lowest BCUT2D eigenvalue weighted by Gasteiger charge is -2.26. The summed E-state index contributed by atoms with van der Waals surface area (Å²) in [5, 5.41) is 7.01. The highest BCUT2D eigenvalue weighted by Crippen LogP contribution is 2.36. The van der Waals surface area contributed by atoms with E-state index in [0.717, 1.165) is 60.6 Å². The second-order valence-corrected chi connectivity index (χ2v) is 11.2. The topological polar surface area (TPSA) is 56.8 Å². The summed E-state index contributed by atoms with van der Waals surface area (Å²) in [4.78, 5) is 18.4. The van der Waals surface area contributed by atoms with Crippen molar-refractivity contribution in [1.29, 1.82) is 0 Å². The van der Waals surface area contributed by atoms with Gasteiger partial charge in [0.15, 0.2) is 0 Å². The number of benzene rings is 3. The van der Waals surface area contributed by atoms with Crippen molar-refractivity contribution in [2.24, 2.45) is 0 Å². The number of fused-ring (bicyclic) bond motifs is 2. The summed E-state index contributed by atoms with van der Waals surface area (Å²) in [5.41, 5.74) is 7.35. The number of nitrogens with one attached hydrogen (secondary N) is 2. The predicted octanol–water partition coefficient (Wildman–Crippen LogP) is 6.43. The molecular formula is C33H40N4O2. The molecule has 1 fully saturated rings. The highest BCUT2D eigenvalue weighted by Gasteiger charge is 2.25. The highest BCUT2D eigenvalue weighted by atomic mass is 16.5. The smallest absolute Gasteiger partial charge is 0.258 e. The van der Waals surface area contributed by atoms with Crippen LogP contribution in [0.5, 0.6) is 5.75 Å². The average molecular weight is 525 g/mol. The van der Waals surface area contributed by atoms with Crippen molar-refractivity contribution < 1.29 is 9.53 Å². The summed E-state index contributed by atoms with van der Waals surface area (Å²) in [7, 11) is 0. The number of ether oxygens (including phenoxy) is 1. The van der Waals surface area contributed by atoms with E-state index in [-0.39, 0.29) is 5.91 Å². The molecule has 0 aromatic heterocycles. The Balaban J connectivity index is 1.27. The Kier molecular flexibility index (Phi) is 7.73. The van der Waals surface area contributed by atoms with Crippen LogP contribution in [0.2, 0.25) is 0 Å². The molecular weight excluding hydrogens is 484 g/mol. The normalized spacial score (nSPS) is 18.9. The van der Waals surface area contributed by atoms with Crippen LogP contribution in [0.15, 0.2) is 60.7 Å². The first-order valence-corrected chi connectivity index (χ1v) is 14.7. The maximum atomic E-state index is 13.9. The van der Waals surface area contributed by atoms with Crippen molar-refractivity contribution in [1.82, 2.24) is 4.90 Å². The van der Waals surface area contributed by atoms with E-state index < -0.39 is 0 Å². The fourth-order valence-electron chi connectivity index (χ4n) is 6.12. The number of nitrogens with zero attached hydrogens (tertiary/aromatic N) is 2. The number of carbonyl (C=O) groups excluding carboxylic acids is 1. The molecule has 0 aliphatic carbocycles. The second-order valence-electron chi connectivity index (χ2n) is 11.2. The average Bonchev–Trinajstić information content (AvgIpc) is 3.37. The zero-order chi connectivity index (χ0) is 26.6. The molecule has 3 aliphatic rings. The van der Waals surface area contributed by atoms with Crippen LogP contribution in [0.3, 0.4) is 0 Å². The Bertz CT molecular complexity index is 1320. The molecule has 3 aromatic rings. The van der Waals surface area contributed by atoms with E-state index in [9.17, 15) is 4.79 Å². The monoisotopic (exact) mass is 524 g/mol. The fraction of sp³-hybridized carbons (Fsp3) is 0.424. The molecule has 39 heavy (non-hydrogen) atoms. The molecule has 0 bridgehead atoms. The second kappa shape index (κ2) is 11.7. The van der Waals surface area contributed by atoms with Crippen LogP contribution in [-0.4, -0.2) is 56.2 Å². The zero-order valence-electron chi connectivity index (χ0n) is 23.0. The molecule has 3 aromatic carbocycles. The molecule has 6 heteroatoms. The summed E-state index contributed by atoms with van der Waals surface area (Å²) in [6, 6.07) is 21.0. The SMILES string of the molecule is C[C@H]1CCN(C(=O)c2ccc(-c3ccc4c(c3)CCN4)c(OCCCN3CCCCC3)c2)c2ccccc2N1. The van der Waals surface area contributed by atoms with Gasteiger partial charge in [0.2, 0.25) is 0 Å². The summed E-state index contributed by atoms with van der Waals surface area (Å²) >= 11 is 0. The first-order valence-electron chi connectivity index (χ1n) is 14.7. The molecule has 2 N–H and O–H groups in total. The number of hydrogen-bond donors (Lipinski definition) is 2. The minimum atomic E-state index is 0.0150. The minimum absolute atomic E-state index is 0.0150. The van der Waals surface area contributed by atoms with E-state index in [2.05, 4.69) is 52.8 Å². The van der Waals surface area contributed by atoms with Crippen molar-refractivity contribution in [3.8, 4) is 16.9 Å². The van der Waals surface area contributed by atoms with Crippen LogP contribution in [-0.2, 0) is 6.42 Å². The molecule has 1 saturated heterocycles. The van der Waals surface area contributed by atoms with E-state index in [1.165, 1.54) is 43.6 Å². The standard InChI is InChI=1S/C33H40N4O2/c1-24-15-20-37(31-9-4-3-8-30(31)35-24)33(38)27-10-12-28(25-11-13-29-26(22-25)14-16-34-29)32(23-27)39-21-7-19-36-17-5-2-6-18-36/h3-4,8-13,22-24,34-35H,2,5-7,14-21H2,1H3/t24-/m0/s1. The van der Waals surface area contributed by atoms with Gasteiger partial charge in [-0.25, -0.2) is 0 Å². The Morgan fingerprint density at radius 1 is 0.974 bits per heavy atom. The Morgan fingerprint density at radius 2 is 1.85 bits per heavy atom. The maximum absolute atomic E-state index is 13.9. The fourth-order valence-corrected chi connectivity index (χ4v) is 6.12. The maximum Gasteiger partial charge on any atom is 0.258 e. The molecule has 0 saturated carbocycles. The molecule has 3 heterocycles. The lowest BCUT2D eigenvalue weighted by Crippen LogP contribution is -2.32. The molecule has 0 unspecified atom stereocenters. The molecule has 1 amide bonds. The first kappa shape index (κ1) is 25.8. The molecule has 0 radical (unpaired) electrons. The third kappa shape index (κ3) is 5.76. The van der Waals surface area contributed by atoms with Crippen LogP contribution in [0.4, 0.5) is 17.1 Å². The minimum Gasteiger partial charge on any atom is -0.493 e. The van der Waals surface area contributed by atoms with Gasteiger partial charge in [0.25, 0.3) is 5.91 Å². The number of carbonyl (C=O) groups is 1. The number of piperidine rings is 1. The quantitative estimate of drug-likeness (QED) is 0.349. The lowest BCUT2D eigenvalue weighted by molar-refractivity contribution is 0.0986. The van der Waals surface area contributed by atoms with Gasteiger partial charge < -0.3 is 25.2 Å². The lowest BCUT2D eigenvalue weighted by atomic mass is 9.99. The van der Waals surface area contributed by atoms with Gasteiger partial charge in [0.1, 0.15) is 5.75 Å². The van der Waals surface area contributed by atoms with Crippen LogP contribution < -0.4 is 20.3 Å². The number of anilines is 3. The predicted molar refractivity (Wildman–Crippen MR) is 160 cm³/mol. The Labute approximate surface area is 232 Å². The Morgan fingerprint density at radius 3 is 2.74 bits per heavy atom. The van der Waals surface area contributed by atoms with Crippen molar-refractivity contribution in [3.05, 3.63) is 71.8 Å². The van der Waals surface area contributed by atoms with Gasteiger partial charge in [-0.2, -0.15) is 0 Å². The van der Waals surface area contributed by atoms with Gasteiger partial charge in [-0.05, 0) is 106 Å². The van der Waals surface area contributed by atoms with E-state index in [0.29, 0.717) is 24.8 Å². The highest BCUT2D eigenvalue weighted by molar-refractivity contribution is 6.08. The van der Waals surface area contributed by atoms with Crippen molar-refractivity contribution in [3.63, 3.8) is 0 Å². The van der Waals surface area contributed by atoms with Gasteiger partial charge in [0.05, 0.1) is 18.0 Å². The molecule has 0 spiro atoms. The molecule has 6 rings (SSSR count). The number of para-hydroxylation sites is 2. The van der Waals surface area contributed by atoms with Gasteiger partial charge in [-0.15, -0.1) is 0 Å². The number of rotatable bonds is 7. The molecule has 6 nitrogen and oxygen atoms in total. The number of amides is 1. The summed E-state index contributed by atoms with van der Waals surface area (Å²) in [6.45, 7) is 7.93. The van der Waals surface area contributed by atoms with E-state index in [1.807, 2.05) is 35.2 Å². The van der Waals surface area contributed by atoms with Gasteiger partial charge >= 0.3 is 0 Å². The molecule has 3 aliphatic heterocycles. The first-order chi connectivity index (χ1) is 19.2. The largest absolute Gasteiger partial charge is 0.493 e. The molecule has 204 valence electrons. The van der Waals surface area contributed by atoms with Gasteiger partial charge in [-0.1, -0.05) is 24.6 Å². The Hall–Kier alpha value is -3.51. The summed E-state index contributed by atoms with van der Waals surface area (Å²) in [5.74, 6) is 0.807. The summed E-state index contributed by atoms with van der Waals surface area (Å²) in [6.07, 6.45) is 6.86.